The molecule has 1 atom stereocenters. The highest BCUT2D eigenvalue weighted by Gasteiger charge is 2.16. The number of nitrogens with zero attached hydrogens (tertiary/aromatic N) is 1. The van der Waals surface area contributed by atoms with Crippen LogP contribution in [0.25, 0.3) is 10.8 Å². The second-order valence-electron chi connectivity index (χ2n) is 5.88. The molecule has 3 N–H and O–H groups in total. The fourth-order valence-electron chi connectivity index (χ4n) is 2.71. The lowest BCUT2D eigenvalue weighted by molar-refractivity contribution is 0.175. The summed E-state index contributed by atoms with van der Waals surface area (Å²) in [5, 5.41) is 14.5. The van der Waals surface area contributed by atoms with Gasteiger partial charge in [-0.05, 0) is 17.7 Å². The molecule has 0 amide bonds. The van der Waals surface area contributed by atoms with Crippen LogP contribution in [-0.2, 0) is 10.0 Å². The van der Waals surface area contributed by atoms with Crippen LogP contribution in [0.1, 0.15) is 11.7 Å². The Bertz CT molecular complexity index is 957. The van der Waals surface area contributed by atoms with Crippen molar-refractivity contribution < 1.29 is 13.5 Å². The molecule has 136 valence electrons. The number of fused-ring (bicyclic) bond motifs is 1. The van der Waals surface area contributed by atoms with Crippen molar-refractivity contribution in [2.45, 2.75) is 11.0 Å². The summed E-state index contributed by atoms with van der Waals surface area (Å²) in [4.78, 5) is 4.25. The van der Waals surface area contributed by atoms with Gasteiger partial charge in [-0.15, -0.1) is 0 Å². The minimum Gasteiger partial charge on any atom is -0.387 e. The number of aliphatic hydroxyl groups excluding tert-OH is 1. The Morgan fingerprint density at radius 3 is 2.62 bits per heavy atom. The lowest BCUT2D eigenvalue weighted by Gasteiger charge is -2.13. The fraction of sp³-hybridized carbons (Fsp3) is 0.211. The van der Waals surface area contributed by atoms with E-state index in [1.54, 1.807) is 30.6 Å². The highest BCUT2D eigenvalue weighted by molar-refractivity contribution is 7.89. The van der Waals surface area contributed by atoms with Gasteiger partial charge < -0.3 is 10.4 Å². The first kappa shape index (κ1) is 18.5. The Hall–Kier alpha value is -2.32. The second kappa shape index (κ2) is 8.37. The molecule has 0 aliphatic rings. The van der Waals surface area contributed by atoms with E-state index >= 15 is 0 Å². The van der Waals surface area contributed by atoms with Crippen LogP contribution in [0.15, 0.2) is 71.9 Å². The van der Waals surface area contributed by atoms with Crippen LogP contribution in [-0.4, -0.2) is 38.1 Å². The van der Waals surface area contributed by atoms with E-state index in [-0.39, 0.29) is 11.4 Å². The maximum Gasteiger partial charge on any atom is 0.241 e. The molecule has 26 heavy (non-hydrogen) atoms. The number of hydrogen-bond acceptors (Lipinski definition) is 5. The number of rotatable bonds is 8. The molecule has 0 aliphatic carbocycles. The SMILES string of the molecule is O=S(=O)(NCCNCC(O)c1ccccc1)c1cccc2cnccc12. The van der Waals surface area contributed by atoms with Gasteiger partial charge in [0.05, 0.1) is 11.0 Å². The van der Waals surface area contributed by atoms with Crippen molar-refractivity contribution in [3.63, 3.8) is 0 Å². The van der Waals surface area contributed by atoms with Gasteiger partial charge in [0.2, 0.25) is 10.0 Å². The first-order valence-electron chi connectivity index (χ1n) is 8.34. The molecule has 3 rings (SSSR count). The molecule has 0 fully saturated rings. The van der Waals surface area contributed by atoms with Gasteiger partial charge in [-0.3, -0.25) is 4.98 Å². The number of hydrogen-bond donors (Lipinski definition) is 3. The topological polar surface area (TPSA) is 91.3 Å². The van der Waals surface area contributed by atoms with E-state index < -0.39 is 16.1 Å². The van der Waals surface area contributed by atoms with Crippen LogP contribution in [0.5, 0.6) is 0 Å². The largest absolute Gasteiger partial charge is 0.387 e. The summed E-state index contributed by atoms with van der Waals surface area (Å²) in [6, 6.07) is 16.1. The average molecular weight is 371 g/mol. The number of aliphatic hydroxyl groups is 1. The molecule has 0 spiro atoms. The molecule has 3 aromatic rings. The van der Waals surface area contributed by atoms with Crippen LogP contribution < -0.4 is 10.0 Å². The van der Waals surface area contributed by atoms with E-state index in [2.05, 4.69) is 15.0 Å². The van der Waals surface area contributed by atoms with Crippen molar-refractivity contribution in [3.05, 3.63) is 72.6 Å². The van der Waals surface area contributed by atoms with Crippen molar-refractivity contribution in [2.24, 2.45) is 0 Å². The molecule has 1 unspecified atom stereocenters. The Labute approximate surface area is 153 Å². The molecule has 0 saturated carbocycles. The Kier molecular flexibility index (Phi) is 5.95. The molecule has 7 heteroatoms. The van der Waals surface area contributed by atoms with E-state index in [0.29, 0.717) is 18.5 Å². The van der Waals surface area contributed by atoms with Gasteiger partial charge in [0.1, 0.15) is 0 Å². The first-order chi connectivity index (χ1) is 12.6. The number of aromatic nitrogens is 1. The van der Waals surface area contributed by atoms with Gasteiger partial charge in [0.25, 0.3) is 0 Å². The Morgan fingerprint density at radius 1 is 1.00 bits per heavy atom. The highest BCUT2D eigenvalue weighted by atomic mass is 32.2. The lowest BCUT2D eigenvalue weighted by atomic mass is 10.1. The predicted molar refractivity (Wildman–Crippen MR) is 101 cm³/mol. The standard InChI is InChI=1S/C19H21N3O3S/c23-18(15-5-2-1-3-6-15)14-21-11-12-22-26(24,25)19-8-4-7-16-13-20-10-9-17(16)19/h1-10,13,18,21-23H,11-12,14H2. The monoisotopic (exact) mass is 371 g/mol. The maximum absolute atomic E-state index is 12.6. The molecule has 2 aromatic carbocycles. The molecule has 6 nitrogen and oxygen atoms in total. The third-order valence-corrected chi connectivity index (χ3v) is 5.57. The summed E-state index contributed by atoms with van der Waals surface area (Å²) in [5.41, 5.74) is 0.824. The molecular formula is C19H21N3O3S. The zero-order valence-corrected chi connectivity index (χ0v) is 15.0. The minimum absolute atomic E-state index is 0.227. The molecule has 0 aliphatic heterocycles. The molecule has 0 saturated heterocycles. The van der Waals surface area contributed by atoms with E-state index in [1.807, 2.05) is 36.4 Å². The number of benzene rings is 2. The van der Waals surface area contributed by atoms with Crippen molar-refractivity contribution in [1.29, 1.82) is 0 Å². The van der Waals surface area contributed by atoms with Gasteiger partial charge in [-0.1, -0.05) is 42.5 Å². The van der Waals surface area contributed by atoms with E-state index in [9.17, 15) is 13.5 Å². The van der Waals surface area contributed by atoms with Crippen LogP contribution in [0, 0.1) is 0 Å². The van der Waals surface area contributed by atoms with E-state index in [0.717, 1.165) is 10.9 Å². The van der Waals surface area contributed by atoms with Gasteiger partial charge in [0, 0.05) is 42.8 Å². The van der Waals surface area contributed by atoms with E-state index in [1.165, 1.54) is 0 Å². The van der Waals surface area contributed by atoms with Gasteiger partial charge in [-0.25, -0.2) is 13.1 Å². The maximum atomic E-state index is 12.6. The molecule has 0 bridgehead atoms. The van der Waals surface area contributed by atoms with Crippen molar-refractivity contribution >= 4 is 20.8 Å². The summed E-state index contributed by atoms with van der Waals surface area (Å²) < 4.78 is 27.7. The van der Waals surface area contributed by atoms with Gasteiger partial charge in [0.15, 0.2) is 0 Å². The highest BCUT2D eigenvalue weighted by Crippen LogP contribution is 2.21. The zero-order valence-electron chi connectivity index (χ0n) is 14.2. The van der Waals surface area contributed by atoms with Crippen LogP contribution >= 0.6 is 0 Å². The zero-order chi connectivity index (χ0) is 18.4. The summed E-state index contributed by atoms with van der Waals surface area (Å²) in [6.45, 7) is 0.992. The van der Waals surface area contributed by atoms with Crippen LogP contribution in [0.3, 0.4) is 0 Å². The number of sulfonamides is 1. The van der Waals surface area contributed by atoms with Crippen LogP contribution in [0.4, 0.5) is 0 Å². The van der Waals surface area contributed by atoms with Crippen molar-refractivity contribution in [1.82, 2.24) is 15.0 Å². The molecular weight excluding hydrogens is 350 g/mol. The Balaban J connectivity index is 1.54. The quantitative estimate of drug-likeness (QED) is 0.526. The number of nitrogens with one attached hydrogen (secondary N) is 2. The molecule has 1 heterocycles. The van der Waals surface area contributed by atoms with Crippen molar-refractivity contribution in [3.8, 4) is 0 Å². The summed E-state index contributed by atoms with van der Waals surface area (Å²) >= 11 is 0. The number of pyridine rings is 1. The third kappa shape index (κ3) is 4.44. The lowest BCUT2D eigenvalue weighted by Crippen LogP contribution is -2.33. The minimum atomic E-state index is -3.62. The smallest absolute Gasteiger partial charge is 0.241 e. The summed E-state index contributed by atoms with van der Waals surface area (Å²) in [7, 11) is -3.62. The van der Waals surface area contributed by atoms with Crippen molar-refractivity contribution in [2.75, 3.05) is 19.6 Å². The molecule has 1 aromatic heterocycles. The normalized spacial score (nSPS) is 13.0. The molecule has 0 radical (unpaired) electrons. The van der Waals surface area contributed by atoms with E-state index in [4.69, 9.17) is 0 Å². The first-order valence-corrected chi connectivity index (χ1v) is 9.82. The average Bonchev–Trinajstić information content (AvgIpc) is 2.67. The third-order valence-electron chi connectivity index (χ3n) is 4.05. The Morgan fingerprint density at radius 2 is 1.81 bits per heavy atom. The predicted octanol–water partition coefficient (Wildman–Crippen LogP) is 1.84. The van der Waals surface area contributed by atoms with Crippen LogP contribution in [0.2, 0.25) is 0 Å². The summed E-state index contributed by atoms with van der Waals surface area (Å²) in [6.07, 6.45) is 2.59. The second-order valence-corrected chi connectivity index (χ2v) is 7.62. The summed E-state index contributed by atoms with van der Waals surface area (Å²) in [5.74, 6) is 0. The fourth-order valence-corrected chi connectivity index (χ4v) is 3.97. The van der Waals surface area contributed by atoms with Gasteiger partial charge >= 0.3 is 0 Å². The van der Waals surface area contributed by atoms with Gasteiger partial charge in [-0.2, -0.15) is 0 Å².